The Hall–Kier alpha value is -1.01. The van der Waals surface area contributed by atoms with Gasteiger partial charge in [-0.15, -0.1) is 12.4 Å². The number of hydrogen-bond acceptors (Lipinski definition) is 3. The predicted octanol–water partition coefficient (Wildman–Crippen LogP) is 1.58. The molecule has 7 heteroatoms. The van der Waals surface area contributed by atoms with E-state index in [-0.39, 0.29) is 30.3 Å². The Morgan fingerprint density at radius 2 is 1.71 bits per heavy atom. The Morgan fingerprint density at radius 1 is 0.958 bits per heavy atom. The Balaban J connectivity index is 0.00000208. The van der Waals surface area contributed by atoms with E-state index in [1.54, 1.807) is 0 Å². The first-order valence-corrected chi connectivity index (χ1v) is 9.21. The van der Waals surface area contributed by atoms with Crippen molar-refractivity contribution < 1.29 is 9.59 Å². The average molecular weight is 359 g/mol. The minimum absolute atomic E-state index is 0. The number of piperidine rings is 1. The molecule has 2 aliphatic heterocycles. The van der Waals surface area contributed by atoms with E-state index < -0.39 is 0 Å². The van der Waals surface area contributed by atoms with Crippen LogP contribution in [-0.4, -0.2) is 60.5 Å². The molecule has 2 heterocycles. The fraction of sp³-hybridized carbons (Fsp3) is 0.882. The molecule has 138 valence electrons. The number of nitrogens with zero attached hydrogens (tertiary/aromatic N) is 2. The summed E-state index contributed by atoms with van der Waals surface area (Å²) in [4.78, 5) is 28.9. The average Bonchev–Trinajstić information content (AvgIpc) is 3.25. The Morgan fingerprint density at radius 3 is 2.38 bits per heavy atom. The molecular weight excluding hydrogens is 328 g/mol. The summed E-state index contributed by atoms with van der Waals surface area (Å²) >= 11 is 0. The number of hydrogen-bond donors (Lipinski definition) is 2. The van der Waals surface area contributed by atoms with Gasteiger partial charge in [-0.2, -0.15) is 0 Å². The van der Waals surface area contributed by atoms with Gasteiger partial charge in [0.1, 0.15) is 0 Å². The second-order valence-electron chi connectivity index (χ2n) is 7.39. The zero-order valence-electron chi connectivity index (χ0n) is 14.4. The van der Waals surface area contributed by atoms with Crippen molar-refractivity contribution in [3.05, 3.63) is 0 Å². The molecule has 3 amide bonds. The van der Waals surface area contributed by atoms with Crippen molar-refractivity contribution in [1.82, 2.24) is 15.1 Å². The second-order valence-corrected chi connectivity index (χ2v) is 7.39. The molecule has 2 saturated heterocycles. The maximum atomic E-state index is 12.7. The third-order valence-corrected chi connectivity index (χ3v) is 5.67. The summed E-state index contributed by atoms with van der Waals surface area (Å²) in [5.74, 6) is 0.637. The molecule has 0 radical (unpaired) electrons. The molecule has 3 N–H and O–H groups in total. The van der Waals surface area contributed by atoms with Crippen LogP contribution in [0.4, 0.5) is 4.79 Å². The van der Waals surface area contributed by atoms with Gasteiger partial charge in [0.05, 0.1) is 5.92 Å². The highest BCUT2D eigenvalue weighted by Crippen LogP contribution is 2.24. The third kappa shape index (κ3) is 4.54. The quantitative estimate of drug-likeness (QED) is 0.804. The normalized spacial score (nSPS) is 27.9. The predicted molar refractivity (Wildman–Crippen MR) is 96.1 cm³/mol. The molecule has 1 aliphatic carbocycles. The van der Waals surface area contributed by atoms with E-state index in [0.717, 1.165) is 51.7 Å². The van der Waals surface area contributed by atoms with Gasteiger partial charge in [0, 0.05) is 32.2 Å². The van der Waals surface area contributed by atoms with Crippen LogP contribution in [0.3, 0.4) is 0 Å². The van der Waals surface area contributed by atoms with E-state index >= 15 is 0 Å². The van der Waals surface area contributed by atoms with Crippen LogP contribution in [0.5, 0.6) is 0 Å². The molecule has 0 spiro atoms. The van der Waals surface area contributed by atoms with Crippen LogP contribution in [0, 0.1) is 11.8 Å². The lowest BCUT2D eigenvalue weighted by Crippen LogP contribution is -2.51. The number of carbonyl (C=O) groups is 2. The summed E-state index contributed by atoms with van der Waals surface area (Å²) in [5.41, 5.74) is 5.72. The molecule has 24 heavy (non-hydrogen) atoms. The largest absolute Gasteiger partial charge is 0.342 e. The van der Waals surface area contributed by atoms with Gasteiger partial charge in [0.25, 0.3) is 0 Å². The highest BCUT2D eigenvalue weighted by atomic mass is 35.5. The van der Waals surface area contributed by atoms with E-state index in [9.17, 15) is 9.59 Å². The molecular formula is C17H31ClN4O2. The van der Waals surface area contributed by atoms with Gasteiger partial charge in [0.15, 0.2) is 0 Å². The number of likely N-dealkylation sites (tertiary alicyclic amines) is 2. The lowest BCUT2D eigenvalue weighted by atomic mass is 9.96. The smallest absolute Gasteiger partial charge is 0.317 e. The Bertz CT molecular complexity index is 442. The van der Waals surface area contributed by atoms with Crippen LogP contribution >= 0.6 is 12.4 Å². The van der Waals surface area contributed by atoms with Crippen molar-refractivity contribution in [2.24, 2.45) is 17.6 Å². The molecule has 0 bridgehead atoms. The van der Waals surface area contributed by atoms with Gasteiger partial charge in [-0.05, 0) is 44.6 Å². The third-order valence-electron chi connectivity index (χ3n) is 5.67. The molecule has 6 nitrogen and oxygen atoms in total. The fourth-order valence-corrected chi connectivity index (χ4v) is 4.18. The highest BCUT2D eigenvalue weighted by Gasteiger charge is 2.34. The first kappa shape index (κ1) is 19.3. The van der Waals surface area contributed by atoms with E-state index in [4.69, 9.17) is 5.73 Å². The summed E-state index contributed by atoms with van der Waals surface area (Å²) in [6, 6.07) is 0.359. The van der Waals surface area contributed by atoms with Crippen LogP contribution in [-0.2, 0) is 4.79 Å². The number of amides is 3. The molecule has 0 aromatic carbocycles. The molecule has 3 rings (SSSR count). The lowest BCUT2D eigenvalue weighted by molar-refractivity contribution is -0.135. The van der Waals surface area contributed by atoms with Gasteiger partial charge in [0.2, 0.25) is 5.91 Å². The summed E-state index contributed by atoms with van der Waals surface area (Å²) in [6.45, 7) is 3.62. The number of rotatable bonds is 3. The van der Waals surface area contributed by atoms with E-state index in [2.05, 4.69) is 5.32 Å². The Labute approximate surface area is 150 Å². The fourth-order valence-electron chi connectivity index (χ4n) is 4.18. The van der Waals surface area contributed by atoms with Crippen LogP contribution in [0.2, 0.25) is 0 Å². The summed E-state index contributed by atoms with van der Waals surface area (Å²) in [7, 11) is 0. The molecule has 2 unspecified atom stereocenters. The lowest BCUT2D eigenvalue weighted by Gasteiger charge is -2.34. The monoisotopic (exact) mass is 358 g/mol. The van der Waals surface area contributed by atoms with E-state index in [0.29, 0.717) is 25.0 Å². The molecule has 3 fully saturated rings. The van der Waals surface area contributed by atoms with E-state index in [1.165, 1.54) is 12.8 Å². The maximum Gasteiger partial charge on any atom is 0.317 e. The highest BCUT2D eigenvalue weighted by molar-refractivity contribution is 5.85. The zero-order chi connectivity index (χ0) is 16.2. The van der Waals surface area contributed by atoms with Crippen molar-refractivity contribution in [2.45, 2.75) is 51.0 Å². The van der Waals surface area contributed by atoms with E-state index in [1.807, 2.05) is 9.80 Å². The standard InChI is InChI=1S/C17H30N4O2.ClH/c18-10-13-7-9-20(11-13)16(22)14-4-3-8-21(12-14)17(23)19-15-5-1-2-6-15;/h13-15H,1-12,18H2,(H,19,23);1H. The minimum atomic E-state index is -0.0328. The van der Waals surface area contributed by atoms with Crippen LogP contribution in [0.25, 0.3) is 0 Å². The molecule has 3 aliphatic rings. The molecule has 0 aromatic rings. The SMILES string of the molecule is Cl.NCC1CCN(C(=O)C2CCCN(C(=O)NC3CCCC3)C2)C1. The summed E-state index contributed by atoms with van der Waals surface area (Å²) < 4.78 is 0. The summed E-state index contributed by atoms with van der Waals surface area (Å²) in [5, 5.41) is 3.14. The number of urea groups is 1. The molecule has 0 aromatic heterocycles. The van der Waals surface area contributed by atoms with Crippen LogP contribution in [0.1, 0.15) is 44.9 Å². The zero-order valence-corrected chi connectivity index (χ0v) is 15.2. The first-order valence-electron chi connectivity index (χ1n) is 9.21. The topological polar surface area (TPSA) is 78.7 Å². The minimum Gasteiger partial charge on any atom is -0.342 e. The molecule has 1 saturated carbocycles. The van der Waals surface area contributed by atoms with Crippen molar-refractivity contribution in [3.8, 4) is 0 Å². The van der Waals surface area contributed by atoms with Crippen LogP contribution < -0.4 is 11.1 Å². The van der Waals surface area contributed by atoms with Crippen LogP contribution in [0.15, 0.2) is 0 Å². The number of carbonyl (C=O) groups excluding carboxylic acids is 2. The van der Waals surface area contributed by atoms with Gasteiger partial charge < -0.3 is 20.9 Å². The molecule has 2 atom stereocenters. The van der Waals surface area contributed by atoms with Gasteiger partial charge in [-0.1, -0.05) is 12.8 Å². The van der Waals surface area contributed by atoms with Crippen molar-refractivity contribution >= 4 is 24.3 Å². The van der Waals surface area contributed by atoms with Crippen molar-refractivity contribution in [1.29, 1.82) is 0 Å². The van der Waals surface area contributed by atoms with Crippen molar-refractivity contribution in [3.63, 3.8) is 0 Å². The maximum absolute atomic E-state index is 12.7. The van der Waals surface area contributed by atoms with Gasteiger partial charge >= 0.3 is 6.03 Å². The van der Waals surface area contributed by atoms with Gasteiger partial charge in [-0.3, -0.25) is 4.79 Å². The number of nitrogens with one attached hydrogen (secondary N) is 1. The van der Waals surface area contributed by atoms with Gasteiger partial charge in [-0.25, -0.2) is 4.79 Å². The second kappa shape index (κ2) is 8.90. The summed E-state index contributed by atoms with van der Waals surface area (Å²) in [6.07, 6.45) is 7.44. The first-order chi connectivity index (χ1) is 11.2. The van der Waals surface area contributed by atoms with Crippen molar-refractivity contribution in [2.75, 3.05) is 32.7 Å². The Kier molecular flexibility index (Phi) is 7.16. The number of halogens is 1. The number of nitrogens with two attached hydrogens (primary N) is 1.